The molecule has 6 nitrogen and oxygen atoms in total. The Morgan fingerprint density at radius 1 is 1.00 bits per heavy atom. The van der Waals surface area contributed by atoms with E-state index in [0.29, 0.717) is 17.3 Å². The molecule has 0 aliphatic rings. The Hall–Kier alpha value is -3.02. The number of H-pyrrole nitrogens is 1. The molecule has 0 amide bonds. The fourth-order valence-electron chi connectivity index (χ4n) is 2.06. The minimum Gasteiger partial charge on any atom is -0.337 e. The molecule has 20 heavy (non-hydrogen) atoms. The van der Waals surface area contributed by atoms with Crippen LogP contribution in [0.1, 0.15) is 0 Å². The summed E-state index contributed by atoms with van der Waals surface area (Å²) in [7, 11) is 0. The molecule has 0 unspecified atom stereocenters. The van der Waals surface area contributed by atoms with E-state index >= 15 is 0 Å². The van der Waals surface area contributed by atoms with E-state index in [1.807, 2.05) is 30.5 Å². The lowest BCUT2D eigenvalue weighted by Crippen LogP contribution is -1.97. The second kappa shape index (κ2) is 4.27. The van der Waals surface area contributed by atoms with E-state index in [2.05, 4.69) is 24.9 Å². The Kier molecular flexibility index (Phi) is 2.32. The monoisotopic (exact) mass is 262 g/mol. The summed E-state index contributed by atoms with van der Waals surface area (Å²) in [6.07, 6.45) is 8.60. The van der Waals surface area contributed by atoms with Crippen LogP contribution in [0.25, 0.3) is 28.4 Å². The molecule has 0 saturated heterocycles. The van der Waals surface area contributed by atoms with Gasteiger partial charge in [0.2, 0.25) is 0 Å². The number of fused-ring (bicyclic) bond motifs is 1. The second-order valence-electron chi connectivity index (χ2n) is 4.34. The van der Waals surface area contributed by atoms with Gasteiger partial charge >= 0.3 is 0 Å². The lowest BCUT2D eigenvalue weighted by atomic mass is 10.3. The Bertz CT molecular complexity index is 829. The van der Waals surface area contributed by atoms with Gasteiger partial charge in [-0.3, -0.25) is 9.55 Å². The fourth-order valence-corrected chi connectivity index (χ4v) is 2.06. The van der Waals surface area contributed by atoms with Crippen molar-refractivity contribution in [2.45, 2.75) is 0 Å². The van der Waals surface area contributed by atoms with Gasteiger partial charge in [0.25, 0.3) is 0 Å². The van der Waals surface area contributed by atoms with Crippen molar-refractivity contribution in [2.24, 2.45) is 0 Å². The zero-order valence-corrected chi connectivity index (χ0v) is 10.4. The molecule has 0 atom stereocenters. The number of hydrogen-bond donors (Lipinski definition) is 1. The number of imidazole rings is 2. The van der Waals surface area contributed by atoms with E-state index in [1.165, 1.54) is 0 Å². The van der Waals surface area contributed by atoms with Gasteiger partial charge in [0.1, 0.15) is 12.0 Å². The van der Waals surface area contributed by atoms with Crippen LogP contribution in [0.5, 0.6) is 0 Å². The number of nitrogens with one attached hydrogen (secondary N) is 1. The maximum Gasteiger partial charge on any atom is 0.158 e. The van der Waals surface area contributed by atoms with Gasteiger partial charge in [-0.15, -0.1) is 0 Å². The highest BCUT2D eigenvalue weighted by Gasteiger charge is 2.08. The van der Waals surface area contributed by atoms with Gasteiger partial charge in [0.15, 0.2) is 11.6 Å². The van der Waals surface area contributed by atoms with Gasteiger partial charge < -0.3 is 4.98 Å². The molecule has 0 saturated carbocycles. The van der Waals surface area contributed by atoms with Crippen molar-refractivity contribution >= 4 is 11.0 Å². The van der Waals surface area contributed by atoms with Gasteiger partial charge in [-0.2, -0.15) is 0 Å². The minimum absolute atomic E-state index is 0.701. The van der Waals surface area contributed by atoms with Crippen LogP contribution in [-0.2, 0) is 0 Å². The van der Waals surface area contributed by atoms with E-state index < -0.39 is 0 Å². The molecule has 4 aromatic rings. The highest BCUT2D eigenvalue weighted by Crippen LogP contribution is 2.18. The van der Waals surface area contributed by atoms with Crippen LogP contribution >= 0.6 is 0 Å². The smallest absolute Gasteiger partial charge is 0.158 e. The quantitative estimate of drug-likeness (QED) is 0.601. The molecule has 3 heterocycles. The molecule has 4 rings (SSSR count). The Labute approximate surface area is 114 Å². The summed E-state index contributed by atoms with van der Waals surface area (Å²) in [4.78, 5) is 20.5. The van der Waals surface area contributed by atoms with E-state index in [0.717, 1.165) is 11.0 Å². The Morgan fingerprint density at radius 2 is 1.95 bits per heavy atom. The third-order valence-electron chi connectivity index (χ3n) is 3.02. The number of nitrogens with zero attached hydrogens (tertiary/aromatic N) is 5. The molecule has 3 aromatic heterocycles. The number of hydrogen-bond acceptors (Lipinski definition) is 4. The molecule has 0 aliphatic carbocycles. The van der Waals surface area contributed by atoms with Crippen LogP contribution in [0.2, 0.25) is 0 Å². The standard InChI is InChI=1S/C14H10N6/c1-2-4-11-10(3-1)18-14(19-11)12-7-16-8-13(17-12)20-6-5-15-9-20/h1-9H,(H,18,19). The maximum absolute atomic E-state index is 4.55. The van der Waals surface area contributed by atoms with Crippen LogP contribution in [0.3, 0.4) is 0 Å². The van der Waals surface area contributed by atoms with Crippen molar-refractivity contribution < 1.29 is 0 Å². The zero-order chi connectivity index (χ0) is 13.4. The lowest BCUT2D eigenvalue weighted by Gasteiger charge is -2.01. The normalized spacial score (nSPS) is 11.0. The van der Waals surface area contributed by atoms with Crippen LogP contribution in [0.4, 0.5) is 0 Å². The molecule has 6 heteroatoms. The molecule has 1 aromatic carbocycles. The van der Waals surface area contributed by atoms with Crippen molar-refractivity contribution in [3.05, 3.63) is 55.4 Å². The lowest BCUT2D eigenvalue weighted by molar-refractivity contribution is 0.969. The van der Waals surface area contributed by atoms with Crippen molar-refractivity contribution in [2.75, 3.05) is 0 Å². The average Bonchev–Trinajstić information content (AvgIpc) is 3.16. The third kappa shape index (κ3) is 1.74. The first-order valence-corrected chi connectivity index (χ1v) is 6.16. The maximum atomic E-state index is 4.55. The van der Waals surface area contributed by atoms with Gasteiger partial charge in [0.05, 0.1) is 23.4 Å². The number of aromatic amines is 1. The highest BCUT2D eigenvalue weighted by atomic mass is 15.1. The van der Waals surface area contributed by atoms with Gasteiger partial charge in [-0.1, -0.05) is 12.1 Å². The largest absolute Gasteiger partial charge is 0.337 e. The SMILES string of the molecule is c1ccc2[nH]c(-c3cncc(-n4ccnc4)n3)nc2c1. The second-order valence-corrected chi connectivity index (χ2v) is 4.34. The van der Waals surface area contributed by atoms with E-state index in [1.54, 1.807) is 29.5 Å². The van der Waals surface area contributed by atoms with Crippen LogP contribution < -0.4 is 0 Å². The zero-order valence-electron chi connectivity index (χ0n) is 10.4. The summed E-state index contributed by atoms with van der Waals surface area (Å²) < 4.78 is 1.80. The van der Waals surface area contributed by atoms with E-state index in [9.17, 15) is 0 Å². The van der Waals surface area contributed by atoms with Crippen molar-refractivity contribution in [1.82, 2.24) is 29.5 Å². The average molecular weight is 262 g/mol. The molecular formula is C14H10N6. The molecule has 0 fully saturated rings. The van der Waals surface area contributed by atoms with Crippen molar-refractivity contribution in [3.63, 3.8) is 0 Å². The predicted octanol–water partition coefficient (Wildman–Crippen LogP) is 2.21. The number of para-hydroxylation sites is 2. The van der Waals surface area contributed by atoms with E-state index in [4.69, 9.17) is 0 Å². The predicted molar refractivity (Wildman–Crippen MR) is 74.2 cm³/mol. The third-order valence-corrected chi connectivity index (χ3v) is 3.02. The number of aromatic nitrogens is 6. The molecule has 96 valence electrons. The van der Waals surface area contributed by atoms with Crippen LogP contribution in [0.15, 0.2) is 55.4 Å². The van der Waals surface area contributed by atoms with E-state index in [-0.39, 0.29) is 0 Å². The molecule has 0 spiro atoms. The van der Waals surface area contributed by atoms with Crippen LogP contribution in [-0.4, -0.2) is 29.5 Å². The molecular weight excluding hydrogens is 252 g/mol. The summed E-state index contributed by atoms with van der Waals surface area (Å²) in [5, 5.41) is 0. The first-order chi connectivity index (χ1) is 9.90. The van der Waals surface area contributed by atoms with Gasteiger partial charge in [-0.05, 0) is 12.1 Å². The van der Waals surface area contributed by atoms with Crippen molar-refractivity contribution in [3.8, 4) is 17.3 Å². The molecule has 0 bridgehead atoms. The first kappa shape index (κ1) is 10.9. The summed E-state index contributed by atoms with van der Waals surface area (Å²) >= 11 is 0. The minimum atomic E-state index is 0.701. The van der Waals surface area contributed by atoms with Crippen molar-refractivity contribution in [1.29, 1.82) is 0 Å². The first-order valence-electron chi connectivity index (χ1n) is 6.16. The number of benzene rings is 1. The molecule has 1 N–H and O–H groups in total. The van der Waals surface area contributed by atoms with Gasteiger partial charge in [0, 0.05) is 12.4 Å². The molecule has 0 radical (unpaired) electrons. The summed E-state index contributed by atoms with van der Waals surface area (Å²) in [6, 6.07) is 7.87. The Balaban J connectivity index is 1.84. The fraction of sp³-hybridized carbons (Fsp3) is 0. The topological polar surface area (TPSA) is 72.3 Å². The summed E-state index contributed by atoms with van der Waals surface area (Å²) in [5.74, 6) is 1.42. The highest BCUT2D eigenvalue weighted by molar-refractivity contribution is 5.78. The summed E-state index contributed by atoms with van der Waals surface area (Å²) in [6.45, 7) is 0. The Morgan fingerprint density at radius 3 is 2.80 bits per heavy atom. The van der Waals surface area contributed by atoms with Gasteiger partial charge in [-0.25, -0.2) is 15.0 Å². The summed E-state index contributed by atoms with van der Waals surface area (Å²) in [5.41, 5.74) is 2.60. The molecule has 0 aliphatic heterocycles. The number of rotatable bonds is 2. The van der Waals surface area contributed by atoms with Crippen LogP contribution in [0, 0.1) is 0 Å².